The van der Waals surface area contributed by atoms with E-state index in [-0.39, 0.29) is 24.8 Å². The predicted molar refractivity (Wildman–Crippen MR) is 399 cm³/mol. The Morgan fingerprint density at radius 2 is 1.04 bits per heavy atom. The van der Waals surface area contributed by atoms with Crippen LogP contribution in [0.5, 0.6) is 5.75 Å². The average Bonchev–Trinajstić information content (AvgIpc) is 0.828. The molecule has 2 aromatic heterocycles. The Morgan fingerprint density at radius 3 is 1.51 bits per heavy atom. The van der Waals surface area contributed by atoms with Gasteiger partial charge in [-0.1, -0.05) is 163 Å². The second-order valence-corrected chi connectivity index (χ2v) is 24.9. The van der Waals surface area contributed by atoms with Gasteiger partial charge in [0.1, 0.15) is 11.4 Å². The Kier molecular flexibility index (Phi) is 25.4. The van der Waals surface area contributed by atoms with E-state index >= 15 is 0 Å². The van der Waals surface area contributed by atoms with E-state index in [0.717, 1.165) is 160 Å². The van der Waals surface area contributed by atoms with Crippen molar-refractivity contribution in [1.82, 2.24) is 9.97 Å². The van der Waals surface area contributed by atoms with Crippen LogP contribution in [-0.2, 0) is 25.5 Å². The van der Waals surface area contributed by atoms with Crippen molar-refractivity contribution < 1.29 is 33.8 Å². The summed E-state index contributed by atoms with van der Waals surface area (Å²) < 4.78 is 6.44. The zero-order valence-corrected chi connectivity index (χ0v) is 55.2. The summed E-state index contributed by atoms with van der Waals surface area (Å²) in [6.07, 6.45) is 22.7. The number of amides is 1. The van der Waals surface area contributed by atoms with Crippen molar-refractivity contribution in [2.24, 2.45) is 0 Å². The van der Waals surface area contributed by atoms with E-state index in [0.29, 0.717) is 36.3 Å². The Labute approximate surface area is 570 Å². The number of allylic oxidation sites excluding steroid dienone is 6. The number of fused-ring (bicyclic) bond motifs is 4. The fourth-order valence-electron chi connectivity index (χ4n) is 11.3. The van der Waals surface area contributed by atoms with Crippen LogP contribution in [0.3, 0.4) is 0 Å². The molecule has 11 aromatic rings. The smallest absolute Gasteiger partial charge is 0.412 e. The highest BCUT2D eigenvalue weighted by Crippen LogP contribution is 2.38. The van der Waals surface area contributed by atoms with E-state index in [4.69, 9.17) is 21.9 Å². The van der Waals surface area contributed by atoms with E-state index in [1.807, 2.05) is 191 Å². The number of nitrogens with zero attached hydrogens (tertiary/aromatic N) is 2. The number of carbonyl (C=O) groups is 5. The fourth-order valence-corrected chi connectivity index (χ4v) is 11.8. The molecule has 0 bridgehead atoms. The van der Waals surface area contributed by atoms with Crippen LogP contribution in [0.4, 0.5) is 27.5 Å². The summed E-state index contributed by atoms with van der Waals surface area (Å²) in [5, 5.41) is 21.9. The molecule has 0 saturated carbocycles. The SMILES string of the molecule is C.CC(C)(C)OC(=O)Nc1ccc(C2=CC(=O)CCC2)c2ccccc12.Nc1ccc(-c2ccc(Cc3cccnc3)c(O)c2)c2ccccc12.Nc1ccc(Br)c2ccccc12.Nc1ccc(C2=CC(=O)CCC2)c2ccccc12.O=C1C=CCCC1.O=Cc1cccnc1. The molecule has 3 aliphatic rings. The van der Waals surface area contributed by atoms with Crippen molar-refractivity contribution in [3.05, 3.63) is 269 Å². The molecule has 0 atom stereocenters. The number of aromatic nitrogens is 2. The number of rotatable bonds is 7. The third-order valence-corrected chi connectivity index (χ3v) is 16.6. The van der Waals surface area contributed by atoms with Crippen molar-refractivity contribution in [3.8, 4) is 16.9 Å². The summed E-state index contributed by atoms with van der Waals surface area (Å²) in [5.74, 6) is 0.993. The molecular weight excluding hydrogens is 1260 g/mol. The molecule has 0 fully saturated rings. The van der Waals surface area contributed by atoms with Gasteiger partial charge in [-0.2, -0.15) is 0 Å². The number of halogens is 1. The number of nitrogens with two attached hydrogens (primary N) is 3. The first-order valence-electron chi connectivity index (χ1n) is 31.6. The number of carbonyl (C=O) groups excluding carboxylic acids is 5. The summed E-state index contributed by atoms with van der Waals surface area (Å²) in [7, 11) is 0. The van der Waals surface area contributed by atoms with Crippen LogP contribution in [0.15, 0.2) is 242 Å². The maximum Gasteiger partial charge on any atom is 0.412 e. The van der Waals surface area contributed by atoms with Gasteiger partial charge in [0.25, 0.3) is 0 Å². The lowest BCUT2D eigenvalue weighted by Gasteiger charge is -2.21. The van der Waals surface area contributed by atoms with Crippen molar-refractivity contribution in [2.75, 3.05) is 22.5 Å². The van der Waals surface area contributed by atoms with Gasteiger partial charge < -0.3 is 27.0 Å². The molecule has 3 aliphatic carbocycles. The second-order valence-electron chi connectivity index (χ2n) is 24.0. The van der Waals surface area contributed by atoms with Crippen LogP contribution in [-0.4, -0.2) is 50.4 Å². The van der Waals surface area contributed by atoms with E-state index < -0.39 is 11.7 Å². The normalized spacial score (nSPS) is 13.2. The van der Waals surface area contributed by atoms with Gasteiger partial charge in [0.15, 0.2) is 23.6 Å². The lowest BCUT2D eigenvalue weighted by molar-refractivity contribution is -0.115. The molecule has 1 amide bonds. The molecule has 2 heterocycles. The number of hydrogen-bond donors (Lipinski definition) is 5. The zero-order chi connectivity index (χ0) is 67.3. The van der Waals surface area contributed by atoms with Gasteiger partial charge >= 0.3 is 6.09 Å². The number of phenols is 1. The minimum Gasteiger partial charge on any atom is -0.508 e. The van der Waals surface area contributed by atoms with E-state index in [1.165, 1.54) is 6.20 Å². The third kappa shape index (κ3) is 19.6. The number of ether oxygens (including phenoxy) is 1. The maximum atomic E-state index is 12.1. The lowest BCUT2D eigenvalue weighted by atomic mass is 9.89. The van der Waals surface area contributed by atoms with Crippen LogP contribution in [0.25, 0.3) is 65.4 Å². The Morgan fingerprint density at radius 1 is 0.552 bits per heavy atom. The van der Waals surface area contributed by atoms with Crippen LogP contribution < -0.4 is 22.5 Å². The lowest BCUT2D eigenvalue weighted by Crippen LogP contribution is -2.27. The number of nitrogen functional groups attached to an aromatic ring is 3. The predicted octanol–water partition coefficient (Wildman–Crippen LogP) is 19.7. The van der Waals surface area contributed by atoms with Crippen LogP contribution in [0.2, 0.25) is 0 Å². The number of nitrogens with one attached hydrogen (secondary N) is 1. The molecule has 0 spiro atoms. The number of aldehydes is 1. The molecule has 8 N–H and O–H groups in total. The molecule has 14 rings (SSSR count). The van der Waals surface area contributed by atoms with Crippen LogP contribution >= 0.6 is 15.9 Å². The number of benzene rings is 9. The number of hydrogen-bond acceptors (Lipinski definition) is 12. The Bertz CT molecular complexity index is 4610. The van der Waals surface area contributed by atoms with E-state index in [9.17, 15) is 29.1 Å². The van der Waals surface area contributed by atoms with Gasteiger partial charge in [0, 0.05) is 99.1 Å². The number of phenolic OH excluding ortho intramolecular Hbond substituents is 1. The summed E-state index contributed by atoms with van der Waals surface area (Å²) in [4.78, 5) is 63.6. The van der Waals surface area contributed by atoms with Gasteiger partial charge in [-0.3, -0.25) is 34.5 Å². The van der Waals surface area contributed by atoms with Crippen LogP contribution in [0, 0.1) is 0 Å². The zero-order valence-electron chi connectivity index (χ0n) is 53.6. The standard InChI is InChI=1S/C22H18N2O.C21H23NO3.C16H15NO.C10H8BrN.C6H5NO.C6H8O.CH4/c23-21-10-9-18(19-5-1-2-6-20(19)21)16-7-8-17(22(25)13-16)12-15-4-3-11-24-14-15;1-21(2,3)25-20(24)22-19-12-11-16(14-7-6-8-15(23)13-14)17-9-4-5-10-18(17)19;17-16-9-8-13(11-4-3-5-12(18)10-11)14-6-1-2-7-15(14)16;11-9-5-6-10(12)8-4-2-1-3-7(8)9;8-5-6-2-1-3-7-4-6;7-6-4-2-1-3-5-6;/h1-11,13-14,25H,12,23H2;4-5,9-13H,6-8H2,1-3H3,(H,22,24);1-2,6-10H,3-5,17H2;1-6H,12H2;1-5H;2,4H,1,3,5H2;1H4. The molecule has 13 nitrogen and oxygen atoms in total. The monoisotopic (exact) mass is 1340 g/mol. The molecule has 9 aromatic carbocycles. The van der Waals surface area contributed by atoms with Crippen molar-refractivity contribution >= 4 is 123 Å². The summed E-state index contributed by atoms with van der Waals surface area (Å²) in [5.41, 5.74) is 29.4. The molecule has 0 unspecified atom stereocenters. The minimum absolute atomic E-state index is 0. The highest BCUT2D eigenvalue weighted by atomic mass is 79.9. The van der Waals surface area contributed by atoms with Gasteiger partial charge in [0.2, 0.25) is 0 Å². The molecule has 0 saturated heterocycles. The maximum absolute atomic E-state index is 12.1. The summed E-state index contributed by atoms with van der Waals surface area (Å²) in [6.45, 7) is 5.50. The molecule has 488 valence electrons. The van der Waals surface area contributed by atoms with E-state index in [2.05, 4.69) is 49.4 Å². The first kappa shape index (κ1) is 71.0. The largest absolute Gasteiger partial charge is 0.508 e. The van der Waals surface area contributed by atoms with Crippen molar-refractivity contribution in [1.29, 1.82) is 0 Å². The van der Waals surface area contributed by atoms with Gasteiger partial charge in [-0.25, -0.2) is 4.79 Å². The van der Waals surface area contributed by atoms with Crippen molar-refractivity contribution in [3.63, 3.8) is 0 Å². The minimum atomic E-state index is -0.549. The fraction of sp³-hybridized carbons (Fsp3) is 0.183. The molecule has 96 heavy (non-hydrogen) atoms. The second kappa shape index (κ2) is 34.4. The first-order valence-corrected chi connectivity index (χ1v) is 32.4. The first-order chi connectivity index (χ1) is 45.9. The van der Waals surface area contributed by atoms with Gasteiger partial charge in [-0.05, 0) is 198 Å². The molecule has 0 aliphatic heterocycles. The number of anilines is 4. The van der Waals surface area contributed by atoms with Crippen LogP contribution in [0.1, 0.15) is 119 Å². The van der Waals surface area contributed by atoms with Crippen molar-refractivity contribution in [2.45, 2.75) is 98.0 Å². The number of aromatic hydroxyl groups is 1. The van der Waals surface area contributed by atoms with Gasteiger partial charge in [-0.15, -0.1) is 0 Å². The number of ketones is 3. The highest BCUT2D eigenvalue weighted by Gasteiger charge is 2.20. The highest BCUT2D eigenvalue weighted by molar-refractivity contribution is 9.10. The molecule has 14 heteroatoms. The van der Waals surface area contributed by atoms with E-state index in [1.54, 1.807) is 42.8 Å². The summed E-state index contributed by atoms with van der Waals surface area (Å²) in [6, 6.07) is 60.9. The third-order valence-electron chi connectivity index (χ3n) is 15.9. The molecule has 0 radical (unpaired) electrons. The Balaban J connectivity index is 0.000000155. The average molecular weight is 1340 g/mol. The Hall–Kier alpha value is -10.8. The quantitative estimate of drug-likeness (QED) is 0.0741. The van der Waals surface area contributed by atoms with Gasteiger partial charge in [0.05, 0.1) is 5.69 Å². The molecular formula is C82H81BrN6O7. The number of pyridine rings is 2. The summed E-state index contributed by atoms with van der Waals surface area (Å²) >= 11 is 3.48. The topological polar surface area (TPSA) is 231 Å².